The molecule has 0 saturated carbocycles. The van der Waals surface area contributed by atoms with Crippen LogP contribution in [0.5, 0.6) is 11.6 Å². The lowest BCUT2D eigenvalue weighted by atomic mass is 10.0. The summed E-state index contributed by atoms with van der Waals surface area (Å²) < 4.78 is 85.8. The highest BCUT2D eigenvalue weighted by Gasteiger charge is 2.39. The molecule has 2 aliphatic rings. The number of carboxylic acids is 1. The minimum Gasteiger partial charge on any atom is -0.486 e. The molecule has 3 heterocycles. The fourth-order valence-corrected chi connectivity index (χ4v) is 5.85. The smallest absolute Gasteiger partial charge is 0.417 e. The number of fused-ring (bicyclic) bond motifs is 1. The van der Waals surface area contributed by atoms with Crippen LogP contribution in [0.25, 0.3) is 6.08 Å². The van der Waals surface area contributed by atoms with Gasteiger partial charge in [0, 0.05) is 12.6 Å². The lowest BCUT2D eigenvalue weighted by Gasteiger charge is -2.36. The van der Waals surface area contributed by atoms with Crippen molar-refractivity contribution < 1.29 is 50.8 Å². The SMILES string of the molecule is O=C(O)CC[C@H]1CN(S(=O)(=O)c2cc(C(F)(F)F)cnc2OCCO)c2cc(C=C3CCOCC3)ccc2O1. The average Bonchev–Trinajstić information content (AvgIpc) is 2.90. The summed E-state index contributed by atoms with van der Waals surface area (Å²) in [5.41, 5.74) is 0.519. The molecule has 2 aliphatic heterocycles. The lowest BCUT2D eigenvalue weighted by molar-refractivity contribution is -0.138. The molecule has 0 unspecified atom stereocenters. The third-order valence-electron chi connectivity index (χ3n) is 6.14. The summed E-state index contributed by atoms with van der Waals surface area (Å²) in [7, 11) is -4.74. The zero-order valence-electron chi connectivity index (χ0n) is 20.7. The Labute approximate surface area is 222 Å². The van der Waals surface area contributed by atoms with Crippen molar-refractivity contribution in [3.8, 4) is 11.6 Å². The molecule has 1 aromatic heterocycles. The monoisotopic (exact) mass is 572 g/mol. The number of anilines is 1. The van der Waals surface area contributed by atoms with Crippen molar-refractivity contribution in [2.45, 2.75) is 42.9 Å². The number of alkyl halides is 3. The molecule has 10 nitrogen and oxygen atoms in total. The number of carboxylic acid groups (broad SMARTS) is 1. The van der Waals surface area contributed by atoms with E-state index in [4.69, 9.17) is 24.4 Å². The number of ether oxygens (including phenoxy) is 3. The number of hydrogen-bond donors (Lipinski definition) is 2. The minimum atomic E-state index is -4.89. The number of nitrogens with zero attached hydrogens (tertiary/aromatic N) is 2. The van der Waals surface area contributed by atoms with Gasteiger partial charge in [-0.05, 0) is 43.0 Å². The molecule has 14 heteroatoms. The molecule has 4 rings (SSSR count). The summed E-state index contributed by atoms with van der Waals surface area (Å²) in [4.78, 5) is 13.9. The normalized spacial score (nSPS) is 17.8. The molecule has 1 aromatic carbocycles. The summed E-state index contributed by atoms with van der Waals surface area (Å²) in [6, 6.07) is 5.25. The third kappa shape index (κ3) is 6.81. The van der Waals surface area contributed by atoms with E-state index in [-0.39, 0.29) is 30.8 Å². The maximum absolute atomic E-state index is 14.0. The highest BCUT2D eigenvalue weighted by molar-refractivity contribution is 7.93. The molecule has 1 saturated heterocycles. The Bertz CT molecular complexity index is 1340. The maximum Gasteiger partial charge on any atom is 0.417 e. The number of pyridine rings is 1. The first-order valence-electron chi connectivity index (χ1n) is 12.1. The summed E-state index contributed by atoms with van der Waals surface area (Å²) in [6.07, 6.45) is -2.37. The molecule has 0 radical (unpaired) electrons. The number of carbonyl (C=O) groups is 1. The minimum absolute atomic E-state index is 0.0404. The molecule has 1 atom stereocenters. The van der Waals surface area contributed by atoms with E-state index in [0.29, 0.717) is 43.9 Å². The second kappa shape index (κ2) is 11.8. The molecule has 0 bridgehead atoms. The number of aromatic nitrogens is 1. The highest BCUT2D eigenvalue weighted by Crippen LogP contribution is 2.41. The van der Waals surface area contributed by atoms with Crippen LogP contribution >= 0.6 is 0 Å². The number of rotatable bonds is 9. The van der Waals surface area contributed by atoms with Crippen LogP contribution in [0.3, 0.4) is 0 Å². The van der Waals surface area contributed by atoms with Crippen LogP contribution in [0.4, 0.5) is 18.9 Å². The van der Waals surface area contributed by atoms with Crippen molar-refractivity contribution >= 4 is 27.8 Å². The van der Waals surface area contributed by atoms with Crippen molar-refractivity contribution in [2.24, 2.45) is 0 Å². The largest absolute Gasteiger partial charge is 0.486 e. The first kappa shape index (κ1) is 28.6. The van der Waals surface area contributed by atoms with Crippen molar-refractivity contribution in [1.82, 2.24) is 4.98 Å². The summed E-state index contributed by atoms with van der Waals surface area (Å²) in [5, 5.41) is 18.2. The summed E-state index contributed by atoms with van der Waals surface area (Å²) >= 11 is 0. The third-order valence-corrected chi connectivity index (χ3v) is 7.92. The van der Waals surface area contributed by atoms with Crippen LogP contribution in [0.15, 0.2) is 40.9 Å². The molecular formula is C25H27F3N2O8S. The van der Waals surface area contributed by atoms with E-state index in [1.165, 1.54) is 0 Å². The zero-order valence-corrected chi connectivity index (χ0v) is 21.5. The van der Waals surface area contributed by atoms with E-state index in [9.17, 15) is 26.4 Å². The predicted octanol–water partition coefficient (Wildman–Crippen LogP) is 3.49. The zero-order chi connectivity index (χ0) is 28.2. The van der Waals surface area contributed by atoms with E-state index >= 15 is 0 Å². The number of aliphatic hydroxyl groups is 1. The van der Waals surface area contributed by atoms with Gasteiger partial charge in [-0.25, -0.2) is 13.4 Å². The quantitative estimate of drug-likeness (QED) is 0.463. The van der Waals surface area contributed by atoms with Crippen molar-refractivity contribution in [3.05, 3.63) is 47.2 Å². The highest BCUT2D eigenvalue weighted by atomic mass is 32.2. The summed E-state index contributed by atoms with van der Waals surface area (Å²) in [5.74, 6) is -1.58. The molecule has 1 fully saturated rings. The molecule has 0 amide bonds. The van der Waals surface area contributed by atoms with Crippen LogP contribution in [-0.2, 0) is 25.7 Å². The molecule has 212 valence electrons. The van der Waals surface area contributed by atoms with Crippen LogP contribution in [-0.4, -0.2) is 68.7 Å². The van der Waals surface area contributed by atoms with Gasteiger partial charge in [-0.1, -0.05) is 17.7 Å². The van der Waals surface area contributed by atoms with Crippen molar-refractivity contribution in [1.29, 1.82) is 0 Å². The molecule has 0 aliphatic carbocycles. The first-order chi connectivity index (χ1) is 18.5. The summed E-state index contributed by atoms with van der Waals surface area (Å²) in [6.45, 7) is -0.159. The van der Waals surface area contributed by atoms with Gasteiger partial charge in [0.25, 0.3) is 10.0 Å². The molecule has 2 aromatic rings. The van der Waals surface area contributed by atoms with E-state index in [2.05, 4.69) is 4.98 Å². The second-order valence-corrected chi connectivity index (χ2v) is 10.8. The predicted molar refractivity (Wildman–Crippen MR) is 132 cm³/mol. The topological polar surface area (TPSA) is 135 Å². The Morgan fingerprint density at radius 1 is 1.23 bits per heavy atom. The first-order valence-corrected chi connectivity index (χ1v) is 13.6. The van der Waals surface area contributed by atoms with Gasteiger partial charge in [0.05, 0.1) is 37.6 Å². The Kier molecular flexibility index (Phi) is 8.67. The Morgan fingerprint density at radius 2 is 1.97 bits per heavy atom. The molecular weight excluding hydrogens is 545 g/mol. The lowest BCUT2D eigenvalue weighted by Crippen LogP contribution is -2.44. The van der Waals surface area contributed by atoms with Gasteiger partial charge >= 0.3 is 12.1 Å². The molecule has 2 N–H and O–H groups in total. The van der Waals surface area contributed by atoms with Crippen molar-refractivity contribution in [2.75, 3.05) is 37.3 Å². The van der Waals surface area contributed by atoms with E-state index in [1.807, 2.05) is 6.08 Å². The Morgan fingerprint density at radius 3 is 2.64 bits per heavy atom. The van der Waals surface area contributed by atoms with Gasteiger partial charge in [-0.3, -0.25) is 9.10 Å². The van der Waals surface area contributed by atoms with Gasteiger partial charge in [-0.15, -0.1) is 0 Å². The van der Waals surface area contributed by atoms with Crippen LogP contribution in [0.2, 0.25) is 0 Å². The standard InChI is InChI=1S/C25H27F3N2O8S/c26-25(27,28)18-13-22(24(29-14-18)37-10-7-31)39(34,35)30-15-19(2-4-23(32)33)38-21-3-1-17(12-20(21)30)11-16-5-8-36-9-6-16/h1,3,11-14,19,31H,2,4-10,15H2,(H,32,33)/t19-/m0/s1. The fourth-order valence-electron chi connectivity index (χ4n) is 4.24. The second-order valence-electron chi connectivity index (χ2n) is 8.95. The van der Waals surface area contributed by atoms with Gasteiger partial charge < -0.3 is 24.4 Å². The van der Waals surface area contributed by atoms with Gasteiger partial charge in [-0.2, -0.15) is 13.2 Å². The number of hydrogen-bond acceptors (Lipinski definition) is 8. The van der Waals surface area contributed by atoms with Gasteiger partial charge in [0.15, 0.2) is 4.90 Å². The average molecular weight is 573 g/mol. The number of sulfonamides is 1. The van der Waals surface area contributed by atoms with E-state index in [1.54, 1.807) is 18.2 Å². The number of benzene rings is 1. The number of aliphatic hydroxyl groups excluding tert-OH is 1. The van der Waals surface area contributed by atoms with Crippen LogP contribution < -0.4 is 13.8 Å². The molecule has 0 spiro atoms. The van der Waals surface area contributed by atoms with Crippen LogP contribution in [0, 0.1) is 0 Å². The van der Waals surface area contributed by atoms with Gasteiger partial charge in [0.2, 0.25) is 5.88 Å². The van der Waals surface area contributed by atoms with E-state index in [0.717, 1.165) is 9.88 Å². The maximum atomic E-state index is 14.0. The number of aliphatic carboxylic acids is 1. The van der Waals surface area contributed by atoms with Gasteiger partial charge in [0.1, 0.15) is 18.5 Å². The van der Waals surface area contributed by atoms with E-state index < -0.39 is 57.8 Å². The molecule has 39 heavy (non-hydrogen) atoms. The van der Waals surface area contributed by atoms with Crippen LogP contribution in [0.1, 0.15) is 36.8 Å². The Balaban J connectivity index is 1.81. The number of halogens is 3. The Hall–Kier alpha value is -3.36. The fraction of sp³-hybridized carbons (Fsp3) is 0.440. The van der Waals surface area contributed by atoms with Crippen molar-refractivity contribution in [3.63, 3.8) is 0 Å².